The van der Waals surface area contributed by atoms with Gasteiger partial charge in [0, 0.05) is 19.5 Å². The van der Waals surface area contributed by atoms with Crippen LogP contribution in [0.15, 0.2) is 0 Å². The first-order valence-corrected chi connectivity index (χ1v) is 8.73. The molecule has 0 amide bonds. The van der Waals surface area contributed by atoms with Crippen molar-refractivity contribution in [3.05, 3.63) is 0 Å². The quantitative estimate of drug-likeness (QED) is 0.693. The van der Waals surface area contributed by atoms with Crippen LogP contribution >= 0.6 is 0 Å². The monoisotopic (exact) mass is 321 g/mol. The maximum Gasteiger partial charge on any atom is 0.307 e. The van der Waals surface area contributed by atoms with Crippen LogP contribution in [0.2, 0.25) is 0 Å². The standard InChI is InChI=1S/C13H23NO6S/c1-3-20-12(15)5-4-6-21(18,19)14-8-10(2)7-11(9-14)13(16)17/h10-11H,3-9H2,1-2H3,(H,16,17). The molecule has 2 unspecified atom stereocenters. The highest BCUT2D eigenvalue weighted by molar-refractivity contribution is 7.89. The van der Waals surface area contributed by atoms with Crippen LogP contribution in [0.1, 0.15) is 33.1 Å². The highest BCUT2D eigenvalue weighted by atomic mass is 32.2. The average molecular weight is 321 g/mol. The summed E-state index contributed by atoms with van der Waals surface area (Å²) in [4.78, 5) is 22.3. The highest BCUT2D eigenvalue weighted by Gasteiger charge is 2.35. The Morgan fingerprint density at radius 1 is 1.33 bits per heavy atom. The maximum absolute atomic E-state index is 12.2. The van der Waals surface area contributed by atoms with E-state index in [-0.39, 0.29) is 37.7 Å². The zero-order valence-corrected chi connectivity index (χ0v) is 13.3. The first kappa shape index (κ1) is 17.9. The number of piperidine rings is 1. The molecule has 8 heteroatoms. The predicted octanol–water partition coefficient (Wildman–Crippen LogP) is 0.702. The molecule has 21 heavy (non-hydrogen) atoms. The van der Waals surface area contributed by atoms with E-state index in [1.807, 2.05) is 6.92 Å². The summed E-state index contributed by atoms with van der Waals surface area (Å²) >= 11 is 0. The van der Waals surface area contributed by atoms with E-state index >= 15 is 0 Å². The summed E-state index contributed by atoms with van der Waals surface area (Å²) in [7, 11) is -3.53. The van der Waals surface area contributed by atoms with Gasteiger partial charge in [0.15, 0.2) is 0 Å². The Hall–Kier alpha value is -1.15. The van der Waals surface area contributed by atoms with Crippen LogP contribution < -0.4 is 0 Å². The van der Waals surface area contributed by atoms with Gasteiger partial charge in [0.1, 0.15) is 0 Å². The normalized spacial score (nSPS) is 23.7. The van der Waals surface area contributed by atoms with Gasteiger partial charge in [0.05, 0.1) is 18.3 Å². The van der Waals surface area contributed by atoms with Gasteiger partial charge in [-0.15, -0.1) is 0 Å². The number of sulfonamides is 1. The summed E-state index contributed by atoms with van der Waals surface area (Å²) in [6, 6.07) is 0. The van der Waals surface area contributed by atoms with Gasteiger partial charge in [-0.25, -0.2) is 12.7 Å². The van der Waals surface area contributed by atoms with E-state index in [0.717, 1.165) is 0 Å². The van der Waals surface area contributed by atoms with Gasteiger partial charge >= 0.3 is 11.9 Å². The van der Waals surface area contributed by atoms with Crippen LogP contribution in [0, 0.1) is 11.8 Å². The molecule has 2 atom stereocenters. The molecule has 0 aromatic rings. The van der Waals surface area contributed by atoms with Crippen molar-refractivity contribution in [3.8, 4) is 0 Å². The molecule has 7 nitrogen and oxygen atoms in total. The Labute approximate surface area is 125 Å². The number of esters is 1. The Morgan fingerprint density at radius 2 is 2.00 bits per heavy atom. The topological polar surface area (TPSA) is 101 Å². The van der Waals surface area contributed by atoms with Gasteiger partial charge in [0.25, 0.3) is 0 Å². The molecule has 1 aliphatic heterocycles. The number of carbonyl (C=O) groups excluding carboxylic acids is 1. The molecule has 1 fully saturated rings. The molecule has 0 radical (unpaired) electrons. The SMILES string of the molecule is CCOC(=O)CCCS(=O)(=O)N1CC(C)CC(C(=O)O)C1. The zero-order valence-electron chi connectivity index (χ0n) is 12.4. The molecule has 0 aromatic carbocycles. The number of nitrogens with zero attached hydrogens (tertiary/aromatic N) is 1. The molecule has 0 saturated carbocycles. The fraction of sp³-hybridized carbons (Fsp3) is 0.846. The first-order valence-electron chi connectivity index (χ1n) is 7.12. The van der Waals surface area contributed by atoms with Crippen molar-refractivity contribution in [2.75, 3.05) is 25.4 Å². The number of ether oxygens (including phenoxy) is 1. The van der Waals surface area contributed by atoms with E-state index in [2.05, 4.69) is 0 Å². The molecular weight excluding hydrogens is 298 g/mol. The van der Waals surface area contributed by atoms with Crippen LogP contribution in [-0.2, 0) is 24.3 Å². The van der Waals surface area contributed by atoms with Crippen molar-refractivity contribution in [2.45, 2.75) is 33.1 Å². The van der Waals surface area contributed by atoms with E-state index in [1.54, 1.807) is 6.92 Å². The number of carboxylic acid groups (broad SMARTS) is 1. The fourth-order valence-corrected chi connectivity index (χ4v) is 4.13. The van der Waals surface area contributed by atoms with Crippen molar-refractivity contribution in [1.82, 2.24) is 4.31 Å². The highest BCUT2D eigenvalue weighted by Crippen LogP contribution is 2.24. The van der Waals surface area contributed by atoms with Crippen molar-refractivity contribution in [2.24, 2.45) is 11.8 Å². The minimum atomic E-state index is -3.53. The lowest BCUT2D eigenvalue weighted by atomic mass is 9.92. The third-order valence-corrected chi connectivity index (χ3v) is 5.35. The minimum absolute atomic E-state index is 0.0136. The van der Waals surface area contributed by atoms with E-state index in [1.165, 1.54) is 4.31 Å². The molecule has 122 valence electrons. The lowest BCUT2D eigenvalue weighted by Gasteiger charge is -2.33. The van der Waals surface area contributed by atoms with E-state index in [4.69, 9.17) is 9.84 Å². The smallest absolute Gasteiger partial charge is 0.307 e. The Morgan fingerprint density at radius 3 is 2.57 bits per heavy atom. The maximum atomic E-state index is 12.2. The third kappa shape index (κ3) is 5.62. The summed E-state index contributed by atoms with van der Waals surface area (Å²) < 4.78 is 30.4. The molecule has 0 aliphatic carbocycles. The lowest BCUT2D eigenvalue weighted by molar-refractivity contribution is -0.144. The van der Waals surface area contributed by atoms with Crippen molar-refractivity contribution in [3.63, 3.8) is 0 Å². The number of rotatable bonds is 7. The van der Waals surface area contributed by atoms with Crippen LogP contribution in [0.3, 0.4) is 0 Å². The van der Waals surface area contributed by atoms with Crippen molar-refractivity contribution >= 4 is 22.0 Å². The van der Waals surface area contributed by atoms with Gasteiger partial charge in [-0.1, -0.05) is 6.92 Å². The van der Waals surface area contributed by atoms with Crippen LogP contribution in [0.25, 0.3) is 0 Å². The van der Waals surface area contributed by atoms with Crippen molar-refractivity contribution in [1.29, 1.82) is 0 Å². The Kier molecular flexibility index (Phi) is 6.60. The number of hydrogen-bond donors (Lipinski definition) is 1. The van der Waals surface area contributed by atoms with Crippen molar-refractivity contribution < 1.29 is 27.9 Å². The number of hydrogen-bond acceptors (Lipinski definition) is 5. The molecule has 1 N–H and O–H groups in total. The summed E-state index contributed by atoms with van der Waals surface area (Å²) in [5, 5.41) is 9.06. The summed E-state index contributed by atoms with van der Waals surface area (Å²) in [5.41, 5.74) is 0. The number of carboxylic acids is 1. The molecule has 0 aromatic heterocycles. The molecule has 1 heterocycles. The Balaban J connectivity index is 2.56. The molecule has 1 rings (SSSR count). The first-order chi connectivity index (χ1) is 9.76. The average Bonchev–Trinajstić information content (AvgIpc) is 2.38. The van der Waals surface area contributed by atoms with Gasteiger partial charge in [-0.05, 0) is 25.7 Å². The fourth-order valence-electron chi connectivity index (χ4n) is 2.47. The van der Waals surface area contributed by atoms with E-state index < -0.39 is 27.9 Å². The van der Waals surface area contributed by atoms with E-state index in [9.17, 15) is 18.0 Å². The predicted molar refractivity (Wildman–Crippen MR) is 76.1 cm³/mol. The van der Waals surface area contributed by atoms with Crippen LogP contribution in [0.4, 0.5) is 0 Å². The number of aliphatic carboxylic acids is 1. The van der Waals surface area contributed by atoms with Gasteiger partial charge in [-0.2, -0.15) is 0 Å². The molecule has 0 spiro atoms. The number of carbonyl (C=O) groups is 2. The third-order valence-electron chi connectivity index (χ3n) is 3.46. The largest absolute Gasteiger partial charge is 0.481 e. The summed E-state index contributed by atoms with van der Waals surface area (Å²) in [6.07, 6.45) is 0.729. The van der Waals surface area contributed by atoms with Gasteiger partial charge < -0.3 is 9.84 Å². The second-order valence-corrected chi connectivity index (χ2v) is 7.51. The molecule has 0 bridgehead atoms. The zero-order chi connectivity index (χ0) is 16.0. The summed E-state index contributed by atoms with van der Waals surface area (Å²) in [5.74, 6) is -2.19. The molecular formula is C13H23NO6S. The molecule has 1 aliphatic rings. The van der Waals surface area contributed by atoms with Gasteiger partial charge in [0.2, 0.25) is 10.0 Å². The van der Waals surface area contributed by atoms with Crippen LogP contribution in [-0.4, -0.2) is 55.2 Å². The lowest BCUT2D eigenvalue weighted by Crippen LogP contribution is -2.46. The van der Waals surface area contributed by atoms with Crippen LogP contribution in [0.5, 0.6) is 0 Å². The molecule has 1 saturated heterocycles. The second-order valence-electron chi connectivity index (χ2n) is 5.42. The Bertz CT molecular complexity index is 475. The minimum Gasteiger partial charge on any atom is -0.481 e. The second kappa shape index (κ2) is 7.74. The van der Waals surface area contributed by atoms with E-state index in [0.29, 0.717) is 13.0 Å². The van der Waals surface area contributed by atoms with Gasteiger partial charge in [-0.3, -0.25) is 9.59 Å². The summed E-state index contributed by atoms with van der Waals surface area (Å²) in [6.45, 7) is 4.16.